The summed E-state index contributed by atoms with van der Waals surface area (Å²) in [4.78, 5) is 2.19. The first-order chi connectivity index (χ1) is 6.25. The van der Waals surface area contributed by atoms with Crippen molar-refractivity contribution in [3.63, 3.8) is 0 Å². The lowest BCUT2D eigenvalue weighted by Crippen LogP contribution is -2.35. The second-order valence-corrected chi connectivity index (χ2v) is 4.48. The zero-order valence-corrected chi connectivity index (χ0v) is 8.42. The number of rotatable bonds is 1. The molecule has 0 aliphatic carbocycles. The highest BCUT2D eigenvalue weighted by Gasteiger charge is 2.19. The molecule has 0 amide bonds. The Labute approximate surface area is 81.2 Å². The van der Waals surface area contributed by atoms with Crippen LogP contribution < -0.4 is 4.90 Å². The van der Waals surface area contributed by atoms with E-state index in [0.29, 0.717) is 0 Å². The van der Waals surface area contributed by atoms with E-state index in [9.17, 15) is 5.11 Å². The topological polar surface area (TPSA) is 49.2 Å². The van der Waals surface area contributed by atoms with Gasteiger partial charge in [-0.25, -0.2) is 0 Å². The molecule has 0 atom stereocenters. The lowest BCUT2D eigenvalue weighted by Gasteiger charge is -2.28. The SMILES string of the molecule is Cc1nnc(N2CCC(O)CC2)s1. The molecule has 5 heteroatoms. The first kappa shape index (κ1) is 8.90. The Hall–Kier alpha value is -0.680. The molecule has 2 rings (SSSR count). The van der Waals surface area contributed by atoms with Gasteiger partial charge in [-0.1, -0.05) is 11.3 Å². The van der Waals surface area contributed by atoms with Crippen LogP contribution in [-0.2, 0) is 0 Å². The summed E-state index contributed by atoms with van der Waals surface area (Å²) in [5, 5.41) is 19.4. The lowest BCUT2D eigenvalue weighted by atomic mass is 10.1. The van der Waals surface area contributed by atoms with Crippen molar-refractivity contribution in [1.29, 1.82) is 0 Å². The van der Waals surface area contributed by atoms with Gasteiger partial charge in [-0.15, -0.1) is 10.2 Å². The Morgan fingerprint density at radius 2 is 2.08 bits per heavy atom. The number of aryl methyl sites for hydroxylation is 1. The second-order valence-electron chi connectivity index (χ2n) is 3.32. The van der Waals surface area contributed by atoms with E-state index in [2.05, 4.69) is 15.1 Å². The van der Waals surface area contributed by atoms with E-state index in [-0.39, 0.29) is 6.10 Å². The minimum absolute atomic E-state index is 0.120. The minimum atomic E-state index is -0.120. The van der Waals surface area contributed by atoms with Crippen molar-refractivity contribution in [2.24, 2.45) is 0 Å². The van der Waals surface area contributed by atoms with Crippen LogP contribution in [0.15, 0.2) is 0 Å². The summed E-state index contributed by atoms with van der Waals surface area (Å²) in [6.45, 7) is 3.76. The van der Waals surface area contributed by atoms with Crippen LogP contribution in [0.2, 0.25) is 0 Å². The van der Waals surface area contributed by atoms with Gasteiger partial charge < -0.3 is 10.0 Å². The molecule has 1 aromatic rings. The van der Waals surface area contributed by atoms with Gasteiger partial charge in [0.1, 0.15) is 5.01 Å². The molecule has 0 unspecified atom stereocenters. The Morgan fingerprint density at radius 1 is 1.38 bits per heavy atom. The van der Waals surface area contributed by atoms with Crippen molar-refractivity contribution < 1.29 is 5.11 Å². The normalized spacial score (nSPS) is 19.4. The van der Waals surface area contributed by atoms with Crippen LogP contribution in [-0.4, -0.2) is 34.5 Å². The summed E-state index contributed by atoms with van der Waals surface area (Å²) in [5.41, 5.74) is 0. The second kappa shape index (κ2) is 3.59. The Bertz CT molecular complexity index is 281. The quantitative estimate of drug-likeness (QED) is 0.727. The summed E-state index contributed by atoms with van der Waals surface area (Å²) in [5.74, 6) is 0. The number of hydrogen-bond acceptors (Lipinski definition) is 5. The molecule has 4 nitrogen and oxygen atoms in total. The van der Waals surface area contributed by atoms with E-state index in [1.54, 1.807) is 11.3 Å². The molecule has 0 bridgehead atoms. The third kappa shape index (κ3) is 1.97. The third-order valence-corrected chi connectivity index (χ3v) is 3.15. The van der Waals surface area contributed by atoms with Gasteiger partial charge in [0, 0.05) is 13.1 Å². The Morgan fingerprint density at radius 3 is 2.62 bits per heavy atom. The van der Waals surface area contributed by atoms with E-state index >= 15 is 0 Å². The molecule has 1 aliphatic rings. The molecular weight excluding hydrogens is 186 g/mol. The van der Waals surface area contributed by atoms with Crippen LogP contribution in [0, 0.1) is 6.92 Å². The fraction of sp³-hybridized carbons (Fsp3) is 0.750. The highest BCUT2D eigenvalue weighted by molar-refractivity contribution is 7.15. The van der Waals surface area contributed by atoms with Crippen molar-refractivity contribution >= 4 is 16.5 Å². The molecule has 72 valence electrons. The molecule has 1 aliphatic heterocycles. The highest BCUT2D eigenvalue weighted by Crippen LogP contribution is 2.22. The van der Waals surface area contributed by atoms with Gasteiger partial charge in [0.05, 0.1) is 6.10 Å². The van der Waals surface area contributed by atoms with Crippen molar-refractivity contribution in [3.05, 3.63) is 5.01 Å². The monoisotopic (exact) mass is 199 g/mol. The summed E-state index contributed by atoms with van der Waals surface area (Å²) in [7, 11) is 0. The average Bonchev–Trinajstić information content (AvgIpc) is 2.53. The van der Waals surface area contributed by atoms with Crippen molar-refractivity contribution in [2.45, 2.75) is 25.9 Å². The molecule has 13 heavy (non-hydrogen) atoms. The molecule has 0 spiro atoms. The zero-order chi connectivity index (χ0) is 9.26. The number of aliphatic hydroxyl groups excluding tert-OH is 1. The number of aliphatic hydroxyl groups is 1. The molecule has 0 saturated carbocycles. The van der Waals surface area contributed by atoms with E-state index < -0.39 is 0 Å². The summed E-state index contributed by atoms with van der Waals surface area (Å²) >= 11 is 1.62. The maximum Gasteiger partial charge on any atom is 0.208 e. The van der Waals surface area contributed by atoms with Crippen LogP contribution in [0.5, 0.6) is 0 Å². The predicted octanol–water partition coefficient (Wildman–Crippen LogP) is 0.808. The maximum absolute atomic E-state index is 9.32. The molecule has 2 heterocycles. The van der Waals surface area contributed by atoms with Crippen molar-refractivity contribution in [3.8, 4) is 0 Å². The van der Waals surface area contributed by atoms with Crippen LogP contribution in [0.25, 0.3) is 0 Å². The van der Waals surface area contributed by atoms with Crippen LogP contribution in [0.4, 0.5) is 5.13 Å². The molecule has 1 aromatic heterocycles. The van der Waals surface area contributed by atoms with Crippen LogP contribution in [0.1, 0.15) is 17.8 Å². The Kier molecular flexibility index (Phi) is 2.46. The smallest absolute Gasteiger partial charge is 0.208 e. The third-order valence-electron chi connectivity index (χ3n) is 2.25. The largest absolute Gasteiger partial charge is 0.393 e. The molecular formula is C8H13N3OS. The van der Waals surface area contributed by atoms with Crippen LogP contribution in [0.3, 0.4) is 0 Å². The van der Waals surface area contributed by atoms with Gasteiger partial charge >= 0.3 is 0 Å². The van der Waals surface area contributed by atoms with E-state index in [1.807, 2.05) is 6.92 Å². The number of anilines is 1. The number of nitrogens with zero attached hydrogens (tertiary/aromatic N) is 3. The fourth-order valence-electron chi connectivity index (χ4n) is 1.47. The average molecular weight is 199 g/mol. The highest BCUT2D eigenvalue weighted by atomic mass is 32.1. The number of hydrogen-bond donors (Lipinski definition) is 1. The first-order valence-electron chi connectivity index (χ1n) is 4.49. The van der Waals surface area contributed by atoms with Gasteiger partial charge in [0.2, 0.25) is 5.13 Å². The lowest BCUT2D eigenvalue weighted by molar-refractivity contribution is 0.145. The first-order valence-corrected chi connectivity index (χ1v) is 5.30. The van der Waals surface area contributed by atoms with Gasteiger partial charge in [0.15, 0.2) is 0 Å². The summed E-state index contributed by atoms with van der Waals surface area (Å²) in [6.07, 6.45) is 1.57. The van der Waals surface area contributed by atoms with Gasteiger partial charge in [-0.05, 0) is 19.8 Å². The van der Waals surface area contributed by atoms with Crippen molar-refractivity contribution in [1.82, 2.24) is 10.2 Å². The molecule has 0 aromatic carbocycles. The summed E-state index contributed by atoms with van der Waals surface area (Å²) in [6, 6.07) is 0. The fourth-order valence-corrected chi connectivity index (χ4v) is 2.21. The molecule has 1 saturated heterocycles. The van der Waals surface area contributed by atoms with E-state index in [1.165, 1.54) is 0 Å². The standard InChI is InChI=1S/C8H13N3OS/c1-6-9-10-8(13-6)11-4-2-7(12)3-5-11/h7,12H,2-5H2,1H3. The number of aromatic nitrogens is 2. The number of piperidine rings is 1. The van der Waals surface area contributed by atoms with Gasteiger partial charge in [-0.3, -0.25) is 0 Å². The molecule has 1 N–H and O–H groups in total. The minimum Gasteiger partial charge on any atom is -0.393 e. The molecule has 0 radical (unpaired) electrons. The zero-order valence-electron chi connectivity index (χ0n) is 7.60. The van der Waals surface area contributed by atoms with Crippen LogP contribution >= 0.6 is 11.3 Å². The predicted molar refractivity (Wildman–Crippen MR) is 52.1 cm³/mol. The van der Waals surface area contributed by atoms with Gasteiger partial charge in [0.25, 0.3) is 0 Å². The van der Waals surface area contributed by atoms with Crippen molar-refractivity contribution in [2.75, 3.05) is 18.0 Å². The van der Waals surface area contributed by atoms with E-state index in [0.717, 1.165) is 36.1 Å². The molecule has 1 fully saturated rings. The summed E-state index contributed by atoms with van der Waals surface area (Å²) < 4.78 is 0. The van der Waals surface area contributed by atoms with Gasteiger partial charge in [-0.2, -0.15) is 0 Å². The van der Waals surface area contributed by atoms with E-state index in [4.69, 9.17) is 0 Å². The maximum atomic E-state index is 9.32. The Balaban J connectivity index is 2.02.